The van der Waals surface area contributed by atoms with E-state index in [1.165, 1.54) is 0 Å². The van der Waals surface area contributed by atoms with Gasteiger partial charge in [-0.2, -0.15) is 30.6 Å². The van der Waals surface area contributed by atoms with Crippen LogP contribution in [0.4, 0.5) is 0 Å². The molecule has 0 radical (unpaired) electrons. The molecule has 2 fully saturated rings. The van der Waals surface area contributed by atoms with Crippen LogP contribution in [0.5, 0.6) is 0 Å². The molecule has 20 heteroatoms. The van der Waals surface area contributed by atoms with Gasteiger partial charge in [-0.25, -0.2) is 0 Å². The number of aromatic nitrogens is 6. The molecule has 4 atom stereocenters. The van der Waals surface area contributed by atoms with Crippen molar-refractivity contribution in [2.75, 3.05) is 0 Å². The van der Waals surface area contributed by atoms with Gasteiger partial charge in [-0.3, -0.25) is 49.1 Å². The molecule has 2 aliphatic rings. The van der Waals surface area contributed by atoms with E-state index in [9.17, 15) is 19.2 Å². The van der Waals surface area contributed by atoms with Crippen LogP contribution < -0.4 is 0 Å². The predicted octanol–water partition coefficient (Wildman–Crippen LogP) is 8.99. The maximum atomic E-state index is 11.1. The summed E-state index contributed by atoms with van der Waals surface area (Å²) < 4.78 is 0. The first-order valence-corrected chi connectivity index (χ1v) is 23.8. The van der Waals surface area contributed by atoms with Crippen molar-refractivity contribution in [2.24, 2.45) is 64.1 Å². The Bertz CT molecular complexity index is 2500. The fourth-order valence-corrected chi connectivity index (χ4v) is 7.93. The third-order valence-electron chi connectivity index (χ3n) is 13.7. The molecule has 2 saturated carbocycles. The average molecular weight is 1030 g/mol. The molecule has 0 bridgehead atoms. The zero-order valence-corrected chi connectivity index (χ0v) is 43.1. The van der Waals surface area contributed by atoms with Crippen LogP contribution in [-0.2, 0) is 19.2 Å². The van der Waals surface area contributed by atoms with Gasteiger partial charge in [-0.15, -0.1) is 0 Å². The molecule has 0 aliphatic heterocycles. The van der Waals surface area contributed by atoms with Crippen molar-refractivity contribution in [3.05, 3.63) is 181 Å². The van der Waals surface area contributed by atoms with Gasteiger partial charge >= 0.3 is 23.9 Å². The predicted molar refractivity (Wildman–Crippen MR) is 291 cm³/mol. The van der Waals surface area contributed by atoms with Crippen LogP contribution in [0.1, 0.15) is 101 Å². The first-order chi connectivity index (χ1) is 36.3. The highest BCUT2D eigenvalue weighted by atomic mass is 16.4. The molecule has 2 aliphatic carbocycles. The first kappa shape index (κ1) is 59.4. The van der Waals surface area contributed by atoms with Crippen LogP contribution in [0.3, 0.4) is 0 Å². The summed E-state index contributed by atoms with van der Waals surface area (Å²) in [5.41, 5.74) is 2.62. The van der Waals surface area contributed by atoms with Crippen LogP contribution in [0.25, 0.3) is 0 Å². The molecule has 0 spiro atoms. The summed E-state index contributed by atoms with van der Waals surface area (Å²) in [5, 5.41) is 59.8. The Morgan fingerprint density at radius 2 is 0.539 bits per heavy atom. The third-order valence-corrected chi connectivity index (χ3v) is 13.7. The van der Waals surface area contributed by atoms with E-state index < -0.39 is 57.4 Å². The van der Waals surface area contributed by atoms with E-state index in [1.54, 1.807) is 153 Å². The van der Waals surface area contributed by atoms with E-state index in [2.05, 4.69) is 60.5 Å². The lowest BCUT2D eigenvalue weighted by molar-refractivity contribution is -0.159. The van der Waals surface area contributed by atoms with Gasteiger partial charge in [0.2, 0.25) is 0 Å². The summed E-state index contributed by atoms with van der Waals surface area (Å²) in [6.45, 7) is 10.2. The fourth-order valence-electron chi connectivity index (χ4n) is 7.93. The maximum absolute atomic E-state index is 11.1. The molecule has 6 heterocycles. The molecule has 8 rings (SSSR count). The van der Waals surface area contributed by atoms with Gasteiger partial charge < -0.3 is 20.4 Å². The van der Waals surface area contributed by atoms with Crippen molar-refractivity contribution >= 4 is 61.2 Å². The third kappa shape index (κ3) is 17.8. The zero-order valence-electron chi connectivity index (χ0n) is 43.1. The first-order valence-electron chi connectivity index (χ1n) is 23.8. The maximum Gasteiger partial charge on any atom is 0.309 e. The Hall–Kier alpha value is -9.20. The number of hydrogen-bond donors (Lipinski definition) is 4. The van der Waals surface area contributed by atoms with E-state index in [4.69, 9.17) is 20.4 Å². The molecule has 0 saturated heterocycles. The lowest BCUT2D eigenvalue weighted by Gasteiger charge is -2.36. The average Bonchev–Trinajstić information content (AvgIpc) is 3.84. The summed E-state index contributed by atoms with van der Waals surface area (Å²) in [4.78, 5) is 67.6. The minimum atomic E-state index is -0.921. The fraction of sp³-hybridized carbons (Fsp3) is 0.286. The van der Waals surface area contributed by atoms with Gasteiger partial charge in [0.05, 0.1) is 60.0 Å². The Balaban J connectivity index is 0.000000206. The van der Waals surface area contributed by atoms with Crippen molar-refractivity contribution in [2.45, 2.75) is 67.2 Å². The number of hydrogen-bond acceptors (Lipinski definition) is 16. The summed E-state index contributed by atoms with van der Waals surface area (Å²) in [7, 11) is 0. The van der Waals surface area contributed by atoms with Crippen molar-refractivity contribution < 1.29 is 39.6 Å². The zero-order chi connectivity index (χ0) is 55.5. The summed E-state index contributed by atoms with van der Waals surface area (Å²) in [6, 6.07) is 22.4. The Kier molecular flexibility index (Phi) is 23.0. The normalized spacial score (nSPS) is 20.2. The summed E-state index contributed by atoms with van der Waals surface area (Å²) in [5.74, 6) is -4.68. The van der Waals surface area contributed by atoms with E-state index >= 15 is 0 Å². The number of rotatable bonds is 13. The van der Waals surface area contributed by atoms with Gasteiger partial charge in [-0.05, 0) is 157 Å². The molecule has 6 aromatic heterocycles. The van der Waals surface area contributed by atoms with Crippen LogP contribution in [0, 0.1) is 33.5 Å². The van der Waals surface area contributed by atoms with Gasteiger partial charge in [0.15, 0.2) is 0 Å². The number of nitrogens with zero attached hydrogens (tertiary/aromatic N) is 12. The van der Waals surface area contributed by atoms with Gasteiger partial charge in [0.25, 0.3) is 0 Å². The lowest BCUT2D eigenvalue weighted by Crippen LogP contribution is -2.42. The van der Waals surface area contributed by atoms with E-state index in [0.29, 0.717) is 25.7 Å². The highest BCUT2D eigenvalue weighted by molar-refractivity contribution is 5.85. The summed E-state index contributed by atoms with van der Waals surface area (Å²) in [6.07, 6.45) is 32.4. The number of carbonyl (C=O) groups is 4. The molecule has 20 nitrogen and oxygen atoms in total. The number of carboxylic acid groups (broad SMARTS) is 4. The number of aliphatic carboxylic acids is 4. The van der Waals surface area contributed by atoms with Gasteiger partial charge in [-0.1, -0.05) is 27.7 Å². The molecule has 0 unspecified atom stereocenters. The second-order valence-corrected chi connectivity index (χ2v) is 18.7. The summed E-state index contributed by atoms with van der Waals surface area (Å²) >= 11 is 0. The van der Waals surface area contributed by atoms with Crippen LogP contribution in [0.15, 0.2) is 178 Å². The second-order valence-electron chi connectivity index (χ2n) is 18.7. The minimum Gasteiger partial charge on any atom is -0.481 e. The SMILES string of the molecule is C(=N\N=C\c1ccncc1)/c1ccncc1.C(=N\N=C\c1ccncc1)/c1ccncc1.C(=N\N=C\c1ccncc1)/c1ccncc1.CC1(C)[C@@H](C(=O)O)CC[C@@]1(C)C(=O)O.CC1(C)[C@@H](C(=O)O)CC[C@@]1(C)C(=O)O. The van der Waals surface area contributed by atoms with Crippen molar-refractivity contribution in [3.8, 4) is 0 Å². The van der Waals surface area contributed by atoms with E-state index in [0.717, 1.165) is 33.4 Å². The quantitative estimate of drug-likeness (QED) is 0.0620. The topological polar surface area (TPSA) is 301 Å². The monoisotopic (exact) mass is 1030 g/mol. The molecule has 394 valence electrons. The molecule has 6 aromatic rings. The standard InChI is InChI=1S/3C12H10N4.2C10H16O4/c3*1-5-13-6-2-11(1)9-15-16-10-12-3-7-14-8-4-12;2*1-9(2)6(7(11)12)4-5-10(9,3)8(13)14/h3*1-10H;2*6H,4-5H2,1-3H3,(H,11,12)(H,13,14)/b3*15-9+,16-10+;;/t;;;2*6-,10+/m...11/s1. The lowest BCUT2D eigenvalue weighted by atomic mass is 9.66. The smallest absolute Gasteiger partial charge is 0.309 e. The minimum absolute atomic E-state index is 0.437. The molecule has 4 N–H and O–H groups in total. The van der Waals surface area contributed by atoms with Crippen molar-refractivity contribution in [1.82, 2.24) is 29.9 Å². The highest BCUT2D eigenvalue weighted by Gasteiger charge is 2.59. The molecular weight excluding hydrogens is 969 g/mol. The molecule has 0 aromatic carbocycles. The Morgan fingerprint density at radius 1 is 0.368 bits per heavy atom. The number of carboxylic acids is 4. The van der Waals surface area contributed by atoms with Crippen LogP contribution >= 0.6 is 0 Å². The van der Waals surface area contributed by atoms with Crippen molar-refractivity contribution in [3.63, 3.8) is 0 Å². The number of pyridine rings is 6. The van der Waals surface area contributed by atoms with Crippen LogP contribution in [-0.4, -0.2) is 111 Å². The molecular formula is C56H62N12O8. The molecule has 0 amide bonds. The Morgan fingerprint density at radius 3 is 0.658 bits per heavy atom. The Labute approximate surface area is 441 Å². The van der Waals surface area contributed by atoms with Gasteiger partial charge in [0, 0.05) is 74.4 Å². The highest BCUT2D eigenvalue weighted by Crippen LogP contribution is 2.57. The molecule has 76 heavy (non-hydrogen) atoms. The largest absolute Gasteiger partial charge is 0.481 e. The van der Waals surface area contributed by atoms with Gasteiger partial charge in [0.1, 0.15) is 0 Å². The second kappa shape index (κ2) is 29.5. The van der Waals surface area contributed by atoms with E-state index in [-0.39, 0.29) is 0 Å². The van der Waals surface area contributed by atoms with Crippen molar-refractivity contribution in [1.29, 1.82) is 0 Å². The van der Waals surface area contributed by atoms with E-state index in [1.807, 2.05) is 72.8 Å². The van der Waals surface area contributed by atoms with Crippen LogP contribution in [0.2, 0.25) is 0 Å².